The van der Waals surface area contributed by atoms with E-state index in [1.54, 1.807) is 12.1 Å². The summed E-state index contributed by atoms with van der Waals surface area (Å²) in [6, 6.07) is 7.26. The van der Waals surface area contributed by atoms with E-state index in [1.807, 2.05) is 12.1 Å². The van der Waals surface area contributed by atoms with Crippen LogP contribution in [0, 0.1) is 0 Å². The molecule has 0 bridgehead atoms. The first-order valence-electron chi connectivity index (χ1n) is 3.49. The molecular formula is C8H11N3O. The average Bonchev–Trinajstić information content (AvgIpc) is 2.09. The highest BCUT2D eigenvalue weighted by Gasteiger charge is 1.87. The summed E-state index contributed by atoms with van der Waals surface area (Å²) < 4.78 is 4.61. The molecule has 1 aromatic rings. The van der Waals surface area contributed by atoms with E-state index < -0.39 is 0 Å². The largest absolute Gasteiger partial charge is 0.485 e. The highest BCUT2D eigenvalue weighted by molar-refractivity contribution is 5.54. The van der Waals surface area contributed by atoms with Crippen LogP contribution in [0.4, 0.5) is 11.4 Å². The van der Waals surface area contributed by atoms with Crippen molar-refractivity contribution in [1.29, 1.82) is 0 Å². The Hall–Kier alpha value is -1.71. The van der Waals surface area contributed by atoms with Gasteiger partial charge in [0.2, 0.25) is 0 Å². The Balaban J connectivity index is 2.53. The number of hydrazone groups is 1. The van der Waals surface area contributed by atoms with Crippen LogP contribution in [0.1, 0.15) is 0 Å². The summed E-state index contributed by atoms with van der Waals surface area (Å²) in [7, 11) is 1.54. The summed E-state index contributed by atoms with van der Waals surface area (Å²) in [5, 5.41) is 3.75. The van der Waals surface area contributed by atoms with Crippen LogP contribution in [-0.4, -0.2) is 13.5 Å². The van der Waals surface area contributed by atoms with Crippen LogP contribution in [0.5, 0.6) is 0 Å². The van der Waals surface area contributed by atoms with Gasteiger partial charge in [-0.3, -0.25) is 5.43 Å². The molecule has 0 saturated heterocycles. The van der Waals surface area contributed by atoms with Gasteiger partial charge in [0, 0.05) is 5.69 Å². The Morgan fingerprint density at radius 1 is 1.42 bits per heavy atom. The summed E-state index contributed by atoms with van der Waals surface area (Å²) in [4.78, 5) is 0. The Morgan fingerprint density at radius 2 is 2.08 bits per heavy atom. The van der Waals surface area contributed by atoms with E-state index in [0.717, 1.165) is 11.4 Å². The van der Waals surface area contributed by atoms with Crippen molar-refractivity contribution in [3.63, 3.8) is 0 Å². The molecule has 3 N–H and O–H groups in total. The molecule has 0 aliphatic carbocycles. The molecule has 64 valence electrons. The fourth-order valence-electron chi connectivity index (χ4n) is 0.711. The van der Waals surface area contributed by atoms with Crippen molar-refractivity contribution in [3.8, 4) is 0 Å². The Kier molecular flexibility index (Phi) is 2.95. The third kappa shape index (κ3) is 2.49. The third-order valence-electron chi connectivity index (χ3n) is 1.26. The summed E-state index contributed by atoms with van der Waals surface area (Å²) in [5.41, 5.74) is 9.86. The molecule has 0 unspecified atom stereocenters. The monoisotopic (exact) mass is 165 g/mol. The van der Waals surface area contributed by atoms with E-state index in [0.29, 0.717) is 0 Å². The maximum Gasteiger partial charge on any atom is 0.192 e. The van der Waals surface area contributed by atoms with E-state index in [1.165, 1.54) is 13.5 Å². The fourth-order valence-corrected chi connectivity index (χ4v) is 0.711. The van der Waals surface area contributed by atoms with Gasteiger partial charge in [0.05, 0.1) is 12.8 Å². The Morgan fingerprint density at radius 3 is 2.67 bits per heavy atom. The van der Waals surface area contributed by atoms with E-state index in [-0.39, 0.29) is 0 Å². The number of hydrogen-bond donors (Lipinski definition) is 2. The maximum absolute atomic E-state index is 5.49. The quantitative estimate of drug-likeness (QED) is 0.307. The second-order valence-electron chi connectivity index (χ2n) is 2.20. The average molecular weight is 165 g/mol. The molecule has 0 spiro atoms. The van der Waals surface area contributed by atoms with Crippen molar-refractivity contribution in [2.24, 2.45) is 5.10 Å². The van der Waals surface area contributed by atoms with Crippen LogP contribution in [0.15, 0.2) is 29.4 Å². The number of nitrogens with one attached hydrogen (secondary N) is 1. The van der Waals surface area contributed by atoms with Crippen LogP contribution >= 0.6 is 0 Å². The van der Waals surface area contributed by atoms with Crippen molar-refractivity contribution in [2.75, 3.05) is 18.3 Å². The number of ether oxygens (including phenoxy) is 1. The second-order valence-corrected chi connectivity index (χ2v) is 2.20. The lowest BCUT2D eigenvalue weighted by Gasteiger charge is -1.98. The van der Waals surface area contributed by atoms with Crippen molar-refractivity contribution in [3.05, 3.63) is 24.3 Å². The Labute approximate surface area is 71.0 Å². The van der Waals surface area contributed by atoms with Gasteiger partial charge in [0.1, 0.15) is 0 Å². The minimum absolute atomic E-state index is 0.733. The third-order valence-corrected chi connectivity index (χ3v) is 1.26. The lowest BCUT2D eigenvalue weighted by Crippen LogP contribution is -1.90. The number of nitrogens with two attached hydrogens (primary N) is 1. The van der Waals surface area contributed by atoms with E-state index in [9.17, 15) is 0 Å². The van der Waals surface area contributed by atoms with Crippen molar-refractivity contribution >= 4 is 17.8 Å². The maximum atomic E-state index is 5.49. The van der Waals surface area contributed by atoms with Gasteiger partial charge >= 0.3 is 0 Å². The molecule has 0 aromatic heterocycles. The first-order chi connectivity index (χ1) is 5.83. The van der Waals surface area contributed by atoms with Crippen LogP contribution < -0.4 is 11.2 Å². The van der Waals surface area contributed by atoms with Gasteiger partial charge < -0.3 is 10.5 Å². The number of anilines is 2. The zero-order valence-corrected chi connectivity index (χ0v) is 6.82. The highest BCUT2D eigenvalue weighted by Crippen LogP contribution is 2.09. The predicted octanol–water partition coefficient (Wildman–Crippen LogP) is 1.27. The van der Waals surface area contributed by atoms with Gasteiger partial charge in [-0.15, -0.1) is 5.10 Å². The van der Waals surface area contributed by atoms with Gasteiger partial charge in [0.25, 0.3) is 0 Å². The van der Waals surface area contributed by atoms with Crippen LogP contribution in [-0.2, 0) is 4.74 Å². The zero-order valence-electron chi connectivity index (χ0n) is 6.82. The van der Waals surface area contributed by atoms with Gasteiger partial charge in [-0.25, -0.2) is 0 Å². The van der Waals surface area contributed by atoms with Crippen LogP contribution in [0.3, 0.4) is 0 Å². The molecule has 4 nitrogen and oxygen atoms in total. The molecule has 0 aliphatic heterocycles. The van der Waals surface area contributed by atoms with Crippen LogP contribution in [0.2, 0.25) is 0 Å². The smallest absolute Gasteiger partial charge is 0.192 e. The lowest BCUT2D eigenvalue weighted by molar-refractivity contribution is 0.422. The topological polar surface area (TPSA) is 59.6 Å². The summed E-state index contributed by atoms with van der Waals surface area (Å²) >= 11 is 0. The molecule has 0 heterocycles. The standard InChI is InChI=1S/C8H11N3O/c1-12-6-10-11-8-4-2-7(9)3-5-8/h2-6,11H,9H2,1H3/b10-6+. The molecule has 0 amide bonds. The van der Waals surface area contributed by atoms with Crippen molar-refractivity contribution in [1.82, 2.24) is 0 Å². The minimum Gasteiger partial charge on any atom is -0.485 e. The van der Waals surface area contributed by atoms with E-state index in [4.69, 9.17) is 5.73 Å². The predicted molar refractivity (Wildman–Crippen MR) is 50.0 cm³/mol. The van der Waals surface area contributed by atoms with Crippen LogP contribution in [0.25, 0.3) is 0 Å². The molecule has 0 atom stereocenters. The summed E-state index contributed by atoms with van der Waals surface area (Å²) in [6.45, 7) is 0. The zero-order chi connectivity index (χ0) is 8.81. The van der Waals surface area contributed by atoms with E-state index >= 15 is 0 Å². The lowest BCUT2D eigenvalue weighted by atomic mass is 10.3. The Bertz CT molecular complexity index is 256. The molecule has 0 fully saturated rings. The van der Waals surface area contributed by atoms with Gasteiger partial charge in [0.15, 0.2) is 6.40 Å². The molecule has 1 rings (SSSR count). The number of nitrogen functional groups attached to an aromatic ring is 1. The molecular weight excluding hydrogens is 154 g/mol. The number of benzene rings is 1. The number of nitrogens with zero attached hydrogens (tertiary/aromatic N) is 1. The number of methoxy groups -OCH3 is 1. The highest BCUT2D eigenvalue weighted by atomic mass is 16.5. The van der Waals surface area contributed by atoms with Crippen molar-refractivity contribution in [2.45, 2.75) is 0 Å². The molecule has 4 heteroatoms. The first-order valence-corrected chi connectivity index (χ1v) is 3.49. The van der Waals surface area contributed by atoms with Gasteiger partial charge in [-0.1, -0.05) is 0 Å². The molecule has 1 aromatic carbocycles. The first kappa shape index (κ1) is 8.39. The molecule has 0 radical (unpaired) electrons. The minimum atomic E-state index is 0.733. The fraction of sp³-hybridized carbons (Fsp3) is 0.125. The van der Waals surface area contributed by atoms with E-state index in [2.05, 4.69) is 15.3 Å². The number of hydrogen-bond acceptors (Lipinski definition) is 4. The summed E-state index contributed by atoms with van der Waals surface area (Å²) in [5.74, 6) is 0. The van der Waals surface area contributed by atoms with Gasteiger partial charge in [-0.2, -0.15) is 0 Å². The molecule has 12 heavy (non-hydrogen) atoms. The van der Waals surface area contributed by atoms with Gasteiger partial charge in [-0.05, 0) is 24.3 Å². The van der Waals surface area contributed by atoms with Crippen molar-refractivity contribution < 1.29 is 4.74 Å². The molecule has 0 saturated carbocycles. The summed E-state index contributed by atoms with van der Waals surface area (Å²) in [6.07, 6.45) is 1.32. The normalized spacial score (nSPS) is 10.1. The molecule has 0 aliphatic rings. The second kappa shape index (κ2) is 4.23. The number of rotatable bonds is 3. The SMILES string of the molecule is CO/C=N/Nc1ccc(N)cc1.